The van der Waals surface area contributed by atoms with Gasteiger partial charge in [0, 0.05) is 11.0 Å². The molecule has 0 saturated carbocycles. The number of carbonyl (C=O) groups excluding carboxylic acids is 1. The van der Waals surface area contributed by atoms with Crippen molar-refractivity contribution < 1.29 is 9.90 Å². The molecule has 92 valence electrons. The predicted octanol–water partition coefficient (Wildman–Crippen LogP) is 2.35. The minimum Gasteiger partial charge on any atom is -0.394 e. The Kier molecular flexibility index (Phi) is 3.84. The van der Waals surface area contributed by atoms with Crippen LogP contribution in [0.15, 0.2) is 22.7 Å². The number of amides is 1. The normalized spacial score (nSPS) is 19.7. The Morgan fingerprint density at radius 1 is 1.59 bits per heavy atom. The average molecular weight is 298 g/mol. The van der Waals surface area contributed by atoms with Crippen LogP contribution in [0, 0.1) is 6.92 Å². The van der Waals surface area contributed by atoms with E-state index < -0.39 is 0 Å². The molecular formula is C13H16BrNO2. The number of halogens is 1. The number of carbonyl (C=O) groups is 1. The largest absolute Gasteiger partial charge is 0.394 e. The predicted molar refractivity (Wildman–Crippen MR) is 70.0 cm³/mol. The van der Waals surface area contributed by atoms with Crippen LogP contribution < -0.4 is 0 Å². The Morgan fingerprint density at radius 2 is 2.35 bits per heavy atom. The van der Waals surface area contributed by atoms with Crippen LogP contribution in [0.2, 0.25) is 0 Å². The molecule has 0 aliphatic carbocycles. The topological polar surface area (TPSA) is 40.5 Å². The number of aryl methyl sites for hydroxylation is 1. The van der Waals surface area contributed by atoms with Crippen molar-refractivity contribution in [2.24, 2.45) is 0 Å². The molecule has 0 spiro atoms. The number of likely N-dealkylation sites (tertiary alicyclic amines) is 1. The molecule has 3 nitrogen and oxygen atoms in total. The summed E-state index contributed by atoms with van der Waals surface area (Å²) in [6, 6.07) is 5.73. The van der Waals surface area contributed by atoms with Crippen LogP contribution in [0.3, 0.4) is 0 Å². The fraction of sp³-hybridized carbons (Fsp3) is 0.462. The molecule has 0 bridgehead atoms. The highest BCUT2D eigenvalue weighted by Gasteiger charge is 2.29. The van der Waals surface area contributed by atoms with E-state index in [1.165, 1.54) is 0 Å². The second-order valence-electron chi connectivity index (χ2n) is 4.46. The first-order chi connectivity index (χ1) is 8.13. The molecule has 1 atom stereocenters. The third-order valence-electron chi connectivity index (χ3n) is 3.20. The van der Waals surface area contributed by atoms with E-state index >= 15 is 0 Å². The first kappa shape index (κ1) is 12.6. The zero-order valence-electron chi connectivity index (χ0n) is 9.82. The molecule has 1 fully saturated rings. The van der Waals surface area contributed by atoms with Crippen molar-refractivity contribution in [1.82, 2.24) is 4.90 Å². The quantitative estimate of drug-likeness (QED) is 0.910. The summed E-state index contributed by atoms with van der Waals surface area (Å²) in [5.74, 6) is 0.0112. The van der Waals surface area contributed by atoms with Gasteiger partial charge in [-0.3, -0.25) is 4.79 Å². The second-order valence-corrected chi connectivity index (χ2v) is 5.31. The van der Waals surface area contributed by atoms with Crippen molar-refractivity contribution in [1.29, 1.82) is 0 Å². The number of benzene rings is 1. The van der Waals surface area contributed by atoms with E-state index in [0.717, 1.165) is 29.4 Å². The number of aliphatic hydroxyl groups excluding tert-OH is 1. The summed E-state index contributed by atoms with van der Waals surface area (Å²) < 4.78 is 0.816. The summed E-state index contributed by atoms with van der Waals surface area (Å²) in [6.07, 6.45) is 1.87. The minimum atomic E-state index is -0.0186. The zero-order chi connectivity index (χ0) is 12.4. The fourth-order valence-electron chi connectivity index (χ4n) is 2.25. The van der Waals surface area contributed by atoms with Crippen molar-refractivity contribution in [3.63, 3.8) is 0 Å². The number of rotatable bonds is 2. The lowest BCUT2D eigenvalue weighted by Crippen LogP contribution is -2.37. The molecule has 1 unspecified atom stereocenters. The van der Waals surface area contributed by atoms with Crippen LogP contribution in [-0.4, -0.2) is 35.1 Å². The van der Waals surface area contributed by atoms with E-state index in [0.29, 0.717) is 5.56 Å². The van der Waals surface area contributed by atoms with Gasteiger partial charge >= 0.3 is 0 Å². The van der Waals surface area contributed by atoms with Gasteiger partial charge in [0.2, 0.25) is 0 Å². The molecule has 1 aliphatic heterocycles. The van der Waals surface area contributed by atoms with E-state index in [-0.39, 0.29) is 18.6 Å². The molecule has 1 aromatic rings. The van der Waals surface area contributed by atoms with Gasteiger partial charge in [-0.1, -0.05) is 11.6 Å². The lowest BCUT2D eigenvalue weighted by Gasteiger charge is -2.23. The fourth-order valence-corrected chi connectivity index (χ4v) is 2.67. The van der Waals surface area contributed by atoms with Gasteiger partial charge in [-0.05, 0) is 47.8 Å². The summed E-state index contributed by atoms with van der Waals surface area (Å²) in [5.41, 5.74) is 1.75. The van der Waals surface area contributed by atoms with Crippen LogP contribution in [0.4, 0.5) is 0 Å². The van der Waals surface area contributed by atoms with Crippen molar-refractivity contribution >= 4 is 21.8 Å². The average Bonchev–Trinajstić information content (AvgIpc) is 2.79. The summed E-state index contributed by atoms with van der Waals surface area (Å²) in [6.45, 7) is 2.76. The molecule has 1 aromatic carbocycles. The smallest absolute Gasteiger partial charge is 0.255 e. The highest BCUT2D eigenvalue weighted by atomic mass is 79.9. The Balaban J connectivity index is 2.27. The van der Waals surface area contributed by atoms with E-state index in [1.807, 2.05) is 25.1 Å². The van der Waals surface area contributed by atoms with Crippen LogP contribution in [0.25, 0.3) is 0 Å². The Hall–Kier alpha value is -0.870. The van der Waals surface area contributed by atoms with Gasteiger partial charge in [0.1, 0.15) is 0 Å². The highest BCUT2D eigenvalue weighted by molar-refractivity contribution is 9.10. The Labute approximate surface area is 110 Å². The van der Waals surface area contributed by atoms with Gasteiger partial charge in [-0.25, -0.2) is 0 Å². The van der Waals surface area contributed by atoms with Crippen LogP contribution in [-0.2, 0) is 0 Å². The first-order valence-corrected chi connectivity index (χ1v) is 6.60. The maximum atomic E-state index is 12.4. The minimum absolute atomic E-state index is 0.0112. The Morgan fingerprint density at radius 3 is 3.06 bits per heavy atom. The van der Waals surface area contributed by atoms with Gasteiger partial charge in [0.25, 0.3) is 5.91 Å². The van der Waals surface area contributed by atoms with Gasteiger partial charge in [-0.15, -0.1) is 0 Å². The Bertz CT molecular complexity index is 433. The van der Waals surface area contributed by atoms with Gasteiger partial charge in [-0.2, -0.15) is 0 Å². The molecule has 0 radical (unpaired) electrons. The van der Waals surface area contributed by atoms with E-state index in [1.54, 1.807) is 4.90 Å². The molecule has 1 saturated heterocycles. The molecule has 1 N–H and O–H groups in total. The first-order valence-electron chi connectivity index (χ1n) is 5.81. The highest BCUT2D eigenvalue weighted by Crippen LogP contribution is 2.24. The molecule has 4 heteroatoms. The summed E-state index contributed by atoms with van der Waals surface area (Å²) >= 11 is 3.41. The number of hydrogen-bond donors (Lipinski definition) is 1. The standard InChI is InChI=1S/C13H16BrNO2/c1-9-4-5-12(14)11(7-9)13(17)15-6-2-3-10(15)8-16/h4-5,7,10,16H,2-3,6,8H2,1H3. The molecule has 1 heterocycles. The number of hydrogen-bond acceptors (Lipinski definition) is 2. The van der Waals surface area contributed by atoms with Crippen molar-refractivity contribution in [3.05, 3.63) is 33.8 Å². The SMILES string of the molecule is Cc1ccc(Br)c(C(=O)N2CCCC2CO)c1. The maximum absolute atomic E-state index is 12.4. The lowest BCUT2D eigenvalue weighted by molar-refractivity contribution is 0.0676. The van der Waals surface area contributed by atoms with Gasteiger partial charge in [0.15, 0.2) is 0 Å². The van der Waals surface area contributed by atoms with Crippen LogP contribution in [0.1, 0.15) is 28.8 Å². The molecule has 1 aliphatic rings. The lowest BCUT2D eigenvalue weighted by atomic mass is 10.1. The third kappa shape index (κ3) is 2.53. The van der Waals surface area contributed by atoms with Gasteiger partial charge in [0.05, 0.1) is 18.2 Å². The zero-order valence-corrected chi connectivity index (χ0v) is 11.4. The molecule has 1 amide bonds. The third-order valence-corrected chi connectivity index (χ3v) is 3.89. The second kappa shape index (κ2) is 5.19. The summed E-state index contributed by atoms with van der Waals surface area (Å²) in [7, 11) is 0. The van der Waals surface area contributed by atoms with Crippen molar-refractivity contribution in [3.8, 4) is 0 Å². The van der Waals surface area contributed by atoms with Gasteiger partial charge < -0.3 is 10.0 Å². The van der Waals surface area contributed by atoms with Crippen LogP contribution in [0.5, 0.6) is 0 Å². The summed E-state index contributed by atoms with van der Waals surface area (Å²) in [5, 5.41) is 9.25. The van der Waals surface area contributed by atoms with E-state index in [9.17, 15) is 9.90 Å². The maximum Gasteiger partial charge on any atom is 0.255 e. The van der Waals surface area contributed by atoms with E-state index in [4.69, 9.17) is 0 Å². The monoisotopic (exact) mass is 297 g/mol. The number of nitrogens with zero attached hydrogens (tertiary/aromatic N) is 1. The van der Waals surface area contributed by atoms with Crippen LogP contribution >= 0.6 is 15.9 Å². The van der Waals surface area contributed by atoms with Crippen molar-refractivity contribution in [2.75, 3.05) is 13.2 Å². The molecular weight excluding hydrogens is 282 g/mol. The van der Waals surface area contributed by atoms with Crippen molar-refractivity contribution in [2.45, 2.75) is 25.8 Å². The molecule has 17 heavy (non-hydrogen) atoms. The molecule has 2 rings (SSSR count). The van der Waals surface area contributed by atoms with E-state index in [2.05, 4.69) is 15.9 Å². The molecule has 0 aromatic heterocycles. The summed E-state index contributed by atoms with van der Waals surface area (Å²) in [4.78, 5) is 14.2. The number of aliphatic hydroxyl groups is 1.